The minimum absolute atomic E-state index is 0.207. The summed E-state index contributed by atoms with van der Waals surface area (Å²) in [5.74, 6) is 0.226. The van der Waals surface area contributed by atoms with Crippen LogP contribution in [0.3, 0.4) is 0 Å². The van der Waals surface area contributed by atoms with Gasteiger partial charge in [0.05, 0.1) is 5.56 Å². The highest BCUT2D eigenvalue weighted by Crippen LogP contribution is 2.29. The van der Waals surface area contributed by atoms with Crippen molar-refractivity contribution in [2.75, 3.05) is 13.1 Å². The van der Waals surface area contributed by atoms with Crippen molar-refractivity contribution in [1.82, 2.24) is 5.32 Å². The summed E-state index contributed by atoms with van der Waals surface area (Å²) in [6, 6.07) is 7.81. The molecule has 0 spiro atoms. The first kappa shape index (κ1) is 16.0. The number of hydrogen-bond donors (Lipinski definition) is 1. The molecule has 0 atom stereocenters. The predicted molar refractivity (Wildman–Crippen MR) is 85.5 cm³/mol. The molecule has 1 aliphatic heterocycles. The van der Waals surface area contributed by atoms with Crippen molar-refractivity contribution in [2.24, 2.45) is 5.92 Å². The minimum atomic E-state index is -0.402. The normalized spacial score (nSPS) is 16.7. The summed E-state index contributed by atoms with van der Waals surface area (Å²) in [6.45, 7) is 8.25. The fourth-order valence-corrected chi connectivity index (χ4v) is 2.99. The van der Waals surface area contributed by atoms with Gasteiger partial charge in [0.25, 0.3) is 0 Å². The lowest BCUT2D eigenvalue weighted by Crippen LogP contribution is -2.42. The van der Waals surface area contributed by atoms with Crippen LogP contribution in [0.25, 0.3) is 0 Å². The van der Waals surface area contributed by atoms with Gasteiger partial charge in [-0.05, 0) is 63.9 Å². The number of esters is 1. The Hall–Kier alpha value is -1.35. The Bertz CT molecular complexity index is 459. The molecule has 0 amide bonds. The maximum Gasteiger partial charge on any atom is 0.338 e. The Labute approximate surface area is 128 Å². The standard InChI is InChI=1S/C18H27NO2/c1-4-5-14-6-8-15(9-7-14)17(20)21-18(2,3)16-10-12-19-13-11-16/h6-9,16,19H,4-5,10-13H2,1-3H3. The number of carbonyl (C=O) groups is 1. The van der Waals surface area contributed by atoms with E-state index in [1.807, 2.05) is 38.1 Å². The van der Waals surface area contributed by atoms with Gasteiger partial charge in [-0.25, -0.2) is 4.79 Å². The van der Waals surface area contributed by atoms with Crippen LogP contribution in [-0.4, -0.2) is 24.7 Å². The molecule has 0 saturated carbocycles. The van der Waals surface area contributed by atoms with Gasteiger partial charge in [-0.3, -0.25) is 0 Å². The van der Waals surface area contributed by atoms with Gasteiger partial charge in [0.2, 0.25) is 0 Å². The molecule has 1 fully saturated rings. The molecular formula is C18H27NO2. The maximum atomic E-state index is 12.3. The summed E-state index contributed by atoms with van der Waals surface area (Å²) in [5, 5.41) is 3.35. The van der Waals surface area contributed by atoms with E-state index >= 15 is 0 Å². The second-order valence-electron chi connectivity index (χ2n) is 6.46. The molecule has 1 aromatic rings. The topological polar surface area (TPSA) is 38.3 Å². The molecule has 3 nitrogen and oxygen atoms in total. The van der Waals surface area contributed by atoms with Crippen LogP contribution in [0.15, 0.2) is 24.3 Å². The Morgan fingerprint density at radius 1 is 1.24 bits per heavy atom. The van der Waals surface area contributed by atoms with Gasteiger partial charge in [0, 0.05) is 5.92 Å². The number of benzene rings is 1. The number of carbonyl (C=O) groups excluding carboxylic acids is 1. The Morgan fingerprint density at radius 3 is 2.43 bits per heavy atom. The van der Waals surface area contributed by atoms with E-state index in [4.69, 9.17) is 4.74 Å². The summed E-state index contributed by atoms with van der Waals surface area (Å²) < 4.78 is 5.80. The molecule has 21 heavy (non-hydrogen) atoms. The summed E-state index contributed by atoms with van der Waals surface area (Å²) in [6.07, 6.45) is 4.30. The van der Waals surface area contributed by atoms with Crippen LogP contribution in [0.4, 0.5) is 0 Å². The van der Waals surface area contributed by atoms with Gasteiger partial charge in [0.15, 0.2) is 0 Å². The van der Waals surface area contributed by atoms with Crippen LogP contribution < -0.4 is 5.32 Å². The monoisotopic (exact) mass is 289 g/mol. The number of piperidine rings is 1. The zero-order chi connectivity index (χ0) is 15.3. The van der Waals surface area contributed by atoms with E-state index < -0.39 is 5.60 Å². The van der Waals surface area contributed by atoms with E-state index in [2.05, 4.69) is 12.2 Å². The number of hydrogen-bond acceptors (Lipinski definition) is 3. The maximum absolute atomic E-state index is 12.3. The largest absolute Gasteiger partial charge is 0.456 e. The van der Waals surface area contributed by atoms with Crippen molar-refractivity contribution >= 4 is 5.97 Å². The van der Waals surface area contributed by atoms with Crippen LogP contribution in [0.5, 0.6) is 0 Å². The van der Waals surface area contributed by atoms with E-state index in [0.29, 0.717) is 11.5 Å². The van der Waals surface area contributed by atoms with Crippen LogP contribution in [-0.2, 0) is 11.2 Å². The van der Waals surface area contributed by atoms with Gasteiger partial charge in [-0.15, -0.1) is 0 Å². The lowest BCUT2D eigenvalue weighted by molar-refractivity contribution is -0.0368. The zero-order valence-electron chi connectivity index (χ0n) is 13.4. The van der Waals surface area contributed by atoms with Crippen molar-refractivity contribution in [3.05, 3.63) is 35.4 Å². The zero-order valence-corrected chi connectivity index (χ0v) is 13.4. The first-order valence-electron chi connectivity index (χ1n) is 8.06. The van der Waals surface area contributed by atoms with Crippen molar-refractivity contribution in [1.29, 1.82) is 0 Å². The molecule has 0 unspecified atom stereocenters. The molecule has 1 saturated heterocycles. The highest BCUT2D eigenvalue weighted by Gasteiger charge is 2.34. The van der Waals surface area contributed by atoms with Crippen molar-refractivity contribution < 1.29 is 9.53 Å². The summed E-state index contributed by atoms with van der Waals surface area (Å²) in [4.78, 5) is 12.3. The lowest BCUT2D eigenvalue weighted by Gasteiger charge is -2.36. The third-order valence-electron chi connectivity index (χ3n) is 4.41. The summed E-state index contributed by atoms with van der Waals surface area (Å²) >= 11 is 0. The van der Waals surface area contributed by atoms with Crippen molar-refractivity contribution in [2.45, 2.75) is 52.1 Å². The number of nitrogens with one attached hydrogen (secondary N) is 1. The molecule has 1 heterocycles. The minimum Gasteiger partial charge on any atom is -0.456 e. The molecular weight excluding hydrogens is 262 g/mol. The second-order valence-corrected chi connectivity index (χ2v) is 6.46. The molecule has 0 aliphatic carbocycles. The fourth-order valence-electron chi connectivity index (χ4n) is 2.99. The Kier molecular flexibility index (Phi) is 5.40. The highest BCUT2D eigenvalue weighted by molar-refractivity contribution is 5.89. The third kappa shape index (κ3) is 4.31. The van der Waals surface area contributed by atoms with Crippen molar-refractivity contribution in [3.63, 3.8) is 0 Å². The Morgan fingerprint density at radius 2 is 1.86 bits per heavy atom. The van der Waals surface area contributed by atoms with Gasteiger partial charge < -0.3 is 10.1 Å². The molecule has 0 aromatic heterocycles. The van der Waals surface area contributed by atoms with E-state index in [0.717, 1.165) is 38.8 Å². The third-order valence-corrected chi connectivity index (χ3v) is 4.41. The van der Waals surface area contributed by atoms with E-state index in [1.54, 1.807) is 0 Å². The average Bonchev–Trinajstić information content (AvgIpc) is 2.49. The van der Waals surface area contributed by atoms with Crippen LogP contribution in [0, 0.1) is 5.92 Å². The fraction of sp³-hybridized carbons (Fsp3) is 0.611. The summed E-state index contributed by atoms with van der Waals surface area (Å²) in [5.41, 5.74) is 1.52. The number of ether oxygens (including phenoxy) is 1. The first-order valence-corrected chi connectivity index (χ1v) is 8.06. The Balaban J connectivity index is 1.99. The quantitative estimate of drug-likeness (QED) is 0.842. The van der Waals surface area contributed by atoms with Gasteiger partial charge in [-0.2, -0.15) is 0 Å². The molecule has 0 radical (unpaired) electrons. The molecule has 1 aliphatic rings. The molecule has 0 bridgehead atoms. The first-order chi connectivity index (χ1) is 10.0. The van der Waals surface area contributed by atoms with Crippen LogP contribution >= 0.6 is 0 Å². The molecule has 1 N–H and O–H groups in total. The molecule has 1 aromatic carbocycles. The predicted octanol–water partition coefficient (Wildman–Crippen LogP) is 3.57. The van der Waals surface area contributed by atoms with E-state index in [-0.39, 0.29) is 5.97 Å². The average molecular weight is 289 g/mol. The second kappa shape index (κ2) is 7.08. The van der Waals surface area contributed by atoms with Gasteiger partial charge in [0.1, 0.15) is 5.60 Å². The smallest absolute Gasteiger partial charge is 0.338 e. The molecule has 2 rings (SSSR count). The molecule has 116 valence electrons. The van der Waals surface area contributed by atoms with Crippen LogP contribution in [0.2, 0.25) is 0 Å². The van der Waals surface area contributed by atoms with Gasteiger partial charge in [-0.1, -0.05) is 25.5 Å². The molecule has 3 heteroatoms. The number of rotatable bonds is 5. The SMILES string of the molecule is CCCc1ccc(C(=O)OC(C)(C)C2CCNCC2)cc1. The van der Waals surface area contributed by atoms with Crippen LogP contribution in [0.1, 0.15) is 56.0 Å². The van der Waals surface area contributed by atoms with Crippen molar-refractivity contribution in [3.8, 4) is 0 Å². The lowest BCUT2D eigenvalue weighted by atomic mass is 9.83. The summed E-state index contributed by atoms with van der Waals surface area (Å²) in [7, 11) is 0. The van der Waals surface area contributed by atoms with E-state index in [1.165, 1.54) is 5.56 Å². The van der Waals surface area contributed by atoms with Gasteiger partial charge >= 0.3 is 5.97 Å². The highest BCUT2D eigenvalue weighted by atomic mass is 16.6. The van der Waals surface area contributed by atoms with E-state index in [9.17, 15) is 4.79 Å². The number of aryl methyl sites for hydroxylation is 1.